The fourth-order valence-electron chi connectivity index (χ4n) is 2.90. The van der Waals surface area contributed by atoms with Gasteiger partial charge in [-0.2, -0.15) is 0 Å². The molecule has 0 fully saturated rings. The van der Waals surface area contributed by atoms with Crippen molar-refractivity contribution in [1.82, 2.24) is 6.15 Å². The second-order valence-electron chi connectivity index (χ2n) is 6.37. The highest BCUT2D eigenvalue weighted by atomic mass is 32.3. The van der Waals surface area contributed by atoms with E-state index in [-0.39, 0.29) is 6.15 Å². The third kappa shape index (κ3) is 13.0. The molecule has 1 unspecified atom stereocenters. The van der Waals surface area contributed by atoms with Crippen LogP contribution in [0.25, 0.3) is 0 Å². The Kier molecular flexibility index (Phi) is 13.7. The van der Waals surface area contributed by atoms with Crippen LogP contribution in [0.3, 0.4) is 0 Å². The number of quaternary nitrogens is 1. The number of rotatable bonds is 14. The minimum absolute atomic E-state index is 0. The van der Waals surface area contributed by atoms with E-state index < -0.39 is 16.5 Å². The molecule has 0 spiro atoms. The molecule has 6 heteroatoms. The maximum Gasteiger partial charge on any atom is 0.218 e. The van der Waals surface area contributed by atoms with Crippen molar-refractivity contribution in [3.63, 3.8) is 0 Å². The Balaban J connectivity index is 0.00000576. The zero-order valence-electron chi connectivity index (χ0n) is 15.8. The van der Waals surface area contributed by atoms with Crippen molar-refractivity contribution in [3.05, 3.63) is 35.9 Å². The van der Waals surface area contributed by atoms with Crippen LogP contribution in [-0.2, 0) is 14.6 Å². The Morgan fingerprint density at radius 3 is 1.84 bits per heavy atom. The van der Waals surface area contributed by atoms with Crippen LogP contribution in [0.4, 0.5) is 0 Å². The Bertz CT molecular complexity index is 519. The molecule has 25 heavy (non-hydrogen) atoms. The molecular formula is C19H35NO4S. The standard InChI is InChI=1S/C19H32O4S.H3N/c1-2-3-4-5-6-7-8-9-10-14-17-19(23-24(20,21)22)18-15-12-11-13-16-18;/h11-13,15-16,19H,2-10,14,17H2,1H3,(H,20,21,22);1H3. The summed E-state index contributed by atoms with van der Waals surface area (Å²) in [6.45, 7) is 2.23. The molecule has 1 aromatic rings. The van der Waals surface area contributed by atoms with Crippen molar-refractivity contribution in [2.24, 2.45) is 0 Å². The molecule has 1 atom stereocenters. The lowest BCUT2D eigenvalue weighted by atomic mass is 10.0. The number of hydrogen-bond acceptors (Lipinski definition) is 4. The van der Waals surface area contributed by atoms with Gasteiger partial charge in [0.2, 0.25) is 10.4 Å². The summed E-state index contributed by atoms with van der Waals surface area (Å²) in [6.07, 6.45) is 12.1. The molecule has 0 saturated carbocycles. The van der Waals surface area contributed by atoms with Gasteiger partial charge in [0.15, 0.2) is 0 Å². The van der Waals surface area contributed by atoms with Crippen LogP contribution in [-0.4, -0.2) is 13.0 Å². The van der Waals surface area contributed by atoms with Crippen molar-refractivity contribution in [3.8, 4) is 0 Å². The quantitative estimate of drug-likeness (QED) is 0.249. The van der Waals surface area contributed by atoms with Crippen LogP contribution in [0.15, 0.2) is 30.3 Å². The normalized spacial score (nSPS) is 12.6. The number of benzene rings is 1. The molecule has 0 heterocycles. The Hall–Kier alpha value is -0.950. The summed E-state index contributed by atoms with van der Waals surface area (Å²) in [5.41, 5.74) is 0.743. The van der Waals surface area contributed by atoms with Gasteiger partial charge in [-0.3, -0.25) is 4.18 Å². The predicted octanol–water partition coefficient (Wildman–Crippen LogP) is 5.89. The average Bonchev–Trinajstić information content (AvgIpc) is 2.55. The van der Waals surface area contributed by atoms with E-state index in [2.05, 4.69) is 6.92 Å². The molecule has 1 rings (SSSR count). The highest BCUT2D eigenvalue weighted by molar-refractivity contribution is 7.80. The summed E-state index contributed by atoms with van der Waals surface area (Å²) < 4.78 is 37.5. The fraction of sp³-hybridized carbons (Fsp3) is 0.684. The van der Waals surface area contributed by atoms with Gasteiger partial charge in [0.1, 0.15) is 6.10 Å². The second kappa shape index (κ2) is 14.2. The van der Waals surface area contributed by atoms with Crippen molar-refractivity contribution in [2.75, 3.05) is 0 Å². The molecule has 0 saturated heterocycles. The first kappa shape index (κ1) is 24.1. The van der Waals surface area contributed by atoms with Crippen LogP contribution in [0, 0.1) is 0 Å². The van der Waals surface area contributed by atoms with Crippen molar-refractivity contribution in [2.45, 2.75) is 83.7 Å². The summed E-state index contributed by atoms with van der Waals surface area (Å²) in [5.74, 6) is 0. The second-order valence-corrected chi connectivity index (χ2v) is 7.38. The average molecular weight is 374 g/mol. The van der Waals surface area contributed by atoms with Crippen LogP contribution < -0.4 is 6.15 Å². The van der Waals surface area contributed by atoms with E-state index >= 15 is 0 Å². The van der Waals surface area contributed by atoms with E-state index in [0.29, 0.717) is 6.42 Å². The van der Waals surface area contributed by atoms with Gasteiger partial charge >= 0.3 is 0 Å². The summed E-state index contributed by atoms with van der Waals surface area (Å²) in [7, 11) is -4.68. The zero-order valence-corrected chi connectivity index (χ0v) is 16.6. The van der Waals surface area contributed by atoms with Crippen molar-refractivity contribution < 1.29 is 17.2 Å². The fourth-order valence-corrected chi connectivity index (χ4v) is 3.39. The van der Waals surface area contributed by atoms with Crippen LogP contribution in [0.1, 0.15) is 89.2 Å². The first-order chi connectivity index (χ1) is 11.5. The first-order valence-corrected chi connectivity index (χ1v) is 10.6. The van der Waals surface area contributed by atoms with E-state index in [1.165, 1.54) is 44.9 Å². The van der Waals surface area contributed by atoms with Gasteiger partial charge in [-0.25, -0.2) is 8.42 Å². The monoisotopic (exact) mass is 373 g/mol. The molecule has 0 aromatic heterocycles. The van der Waals surface area contributed by atoms with Gasteiger partial charge in [0.05, 0.1) is 0 Å². The zero-order chi connectivity index (χ0) is 17.7. The molecule has 0 bridgehead atoms. The van der Waals surface area contributed by atoms with E-state index in [1.54, 1.807) is 12.1 Å². The van der Waals surface area contributed by atoms with E-state index in [0.717, 1.165) is 24.8 Å². The Labute approximate surface area is 153 Å². The topological polar surface area (TPSA) is 103 Å². The molecule has 5 nitrogen and oxygen atoms in total. The largest absolute Gasteiger partial charge is 0.726 e. The lowest BCUT2D eigenvalue weighted by molar-refractivity contribution is 0.168. The summed E-state index contributed by atoms with van der Waals surface area (Å²) in [6, 6.07) is 9.09. The van der Waals surface area contributed by atoms with Gasteiger partial charge in [-0.15, -0.1) is 0 Å². The van der Waals surface area contributed by atoms with Crippen LogP contribution in [0.2, 0.25) is 0 Å². The SMILES string of the molecule is CCCCCCCCCCCCC(OS(=O)(=O)[O-])c1ccccc1.[NH4+]. The van der Waals surface area contributed by atoms with Gasteiger partial charge in [0.25, 0.3) is 0 Å². The Morgan fingerprint density at radius 2 is 1.36 bits per heavy atom. The molecule has 0 radical (unpaired) electrons. The van der Waals surface area contributed by atoms with Gasteiger partial charge in [-0.1, -0.05) is 101 Å². The lowest BCUT2D eigenvalue weighted by Crippen LogP contribution is -2.11. The van der Waals surface area contributed by atoms with Crippen LogP contribution >= 0.6 is 0 Å². The molecule has 4 N–H and O–H groups in total. The molecule has 0 amide bonds. The van der Waals surface area contributed by atoms with Gasteiger partial charge in [-0.05, 0) is 12.0 Å². The van der Waals surface area contributed by atoms with E-state index in [1.807, 2.05) is 18.2 Å². The molecule has 0 aliphatic rings. The predicted molar refractivity (Wildman–Crippen MR) is 102 cm³/mol. The smallest absolute Gasteiger partial charge is 0.218 e. The van der Waals surface area contributed by atoms with Gasteiger partial charge < -0.3 is 10.7 Å². The molecule has 0 aliphatic heterocycles. The van der Waals surface area contributed by atoms with E-state index in [4.69, 9.17) is 4.18 Å². The molecular weight excluding hydrogens is 338 g/mol. The summed E-state index contributed by atoms with van der Waals surface area (Å²) in [5, 5.41) is 0. The third-order valence-corrected chi connectivity index (χ3v) is 4.69. The Morgan fingerprint density at radius 1 is 0.880 bits per heavy atom. The number of unbranched alkanes of at least 4 members (excludes halogenated alkanes) is 9. The number of hydrogen-bond donors (Lipinski definition) is 1. The van der Waals surface area contributed by atoms with Crippen molar-refractivity contribution >= 4 is 10.4 Å². The minimum atomic E-state index is -4.68. The maximum atomic E-state index is 10.9. The highest BCUT2D eigenvalue weighted by Crippen LogP contribution is 2.25. The lowest BCUT2D eigenvalue weighted by Gasteiger charge is -2.19. The van der Waals surface area contributed by atoms with Crippen molar-refractivity contribution in [1.29, 1.82) is 0 Å². The minimum Gasteiger partial charge on any atom is -0.726 e. The first-order valence-electron chi connectivity index (χ1n) is 9.22. The summed E-state index contributed by atoms with van der Waals surface area (Å²) in [4.78, 5) is 0. The molecule has 1 aromatic carbocycles. The third-order valence-electron chi connectivity index (χ3n) is 4.23. The highest BCUT2D eigenvalue weighted by Gasteiger charge is 2.14. The van der Waals surface area contributed by atoms with Crippen LogP contribution in [0.5, 0.6) is 0 Å². The maximum absolute atomic E-state index is 10.9. The summed E-state index contributed by atoms with van der Waals surface area (Å²) >= 11 is 0. The molecule has 0 aliphatic carbocycles. The van der Waals surface area contributed by atoms with Gasteiger partial charge in [0, 0.05) is 0 Å². The van der Waals surface area contributed by atoms with E-state index in [9.17, 15) is 13.0 Å². The molecule has 146 valence electrons.